The minimum atomic E-state index is -0.219. The molecule has 1 atom stereocenters. The summed E-state index contributed by atoms with van der Waals surface area (Å²) in [6.07, 6.45) is 2.43. The van der Waals surface area contributed by atoms with E-state index in [4.69, 9.17) is 4.74 Å². The second kappa shape index (κ2) is 6.43. The molecule has 5 nitrogen and oxygen atoms in total. The molecule has 1 N–H and O–H groups in total. The number of para-hydroxylation sites is 2. The van der Waals surface area contributed by atoms with Crippen molar-refractivity contribution in [1.29, 1.82) is 0 Å². The highest BCUT2D eigenvalue weighted by Gasteiger charge is 2.28. The molecule has 1 aromatic heterocycles. The number of fused-ring (bicyclic) bond motifs is 1. The van der Waals surface area contributed by atoms with E-state index in [0.29, 0.717) is 18.8 Å². The fraction of sp³-hybridized carbons (Fsp3) is 0.200. The average Bonchev–Trinajstić information content (AvgIpc) is 3.02. The number of benzene rings is 2. The van der Waals surface area contributed by atoms with Gasteiger partial charge in [-0.3, -0.25) is 4.79 Å². The zero-order chi connectivity index (χ0) is 17.2. The molecule has 3 aromatic rings. The van der Waals surface area contributed by atoms with Crippen molar-refractivity contribution < 1.29 is 9.53 Å². The number of ether oxygens (including phenoxy) is 1. The highest BCUT2D eigenvalue weighted by atomic mass is 16.5. The molecular formula is C20H19N3O2. The van der Waals surface area contributed by atoms with E-state index in [1.165, 1.54) is 0 Å². The maximum atomic E-state index is 13.0. The monoisotopic (exact) mass is 333 g/mol. The lowest BCUT2D eigenvalue weighted by molar-refractivity contribution is -0.118. The Hall–Kier alpha value is -3.08. The van der Waals surface area contributed by atoms with Gasteiger partial charge < -0.3 is 10.1 Å². The summed E-state index contributed by atoms with van der Waals surface area (Å²) in [4.78, 5) is 13.0. The van der Waals surface area contributed by atoms with Crippen molar-refractivity contribution in [2.75, 3.05) is 11.9 Å². The van der Waals surface area contributed by atoms with Gasteiger partial charge in [-0.25, -0.2) is 4.68 Å². The van der Waals surface area contributed by atoms with Gasteiger partial charge in [0.2, 0.25) is 5.91 Å². The van der Waals surface area contributed by atoms with Gasteiger partial charge in [0.15, 0.2) is 0 Å². The first kappa shape index (κ1) is 15.4. The molecule has 5 heteroatoms. The fourth-order valence-corrected chi connectivity index (χ4v) is 3.16. The van der Waals surface area contributed by atoms with Gasteiger partial charge in [0.05, 0.1) is 24.4 Å². The predicted octanol–water partition coefficient (Wildman–Crippen LogP) is 3.69. The third-order valence-corrected chi connectivity index (χ3v) is 4.47. The Balaban J connectivity index is 1.64. The van der Waals surface area contributed by atoms with Crippen molar-refractivity contribution in [3.63, 3.8) is 0 Å². The number of amides is 1. The van der Waals surface area contributed by atoms with E-state index in [2.05, 4.69) is 10.4 Å². The zero-order valence-electron chi connectivity index (χ0n) is 14.0. The van der Waals surface area contributed by atoms with Gasteiger partial charge in [0.25, 0.3) is 0 Å². The summed E-state index contributed by atoms with van der Waals surface area (Å²) in [5.74, 6) is 1.25. The molecule has 1 aliphatic rings. The predicted molar refractivity (Wildman–Crippen MR) is 96.2 cm³/mol. The summed E-state index contributed by atoms with van der Waals surface area (Å²) < 4.78 is 7.42. The highest BCUT2D eigenvalue weighted by molar-refractivity contribution is 5.96. The van der Waals surface area contributed by atoms with E-state index in [9.17, 15) is 4.79 Å². The first-order valence-corrected chi connectivity index (χ1v) is 8.36. The maximum absolute atomic E-state index is 13.0. The van der Waals surface area contributed by atoms with E-state index in [0.717, 1.165) is 22.6 Å². The molecular weight excluding hydrogens is 314 g/mol. The Bertz CT molecular complexity index is 902. The van der Waals surface area contributed by atoms with Crippen LogP contribution in [-0.2, 0) is 4.79 Å². The Morgan fingerprint density at radius 3 is 2.76 bits per heavy atom. The van der Waals surface area contributed by atoms with Crippen LogP contribution in [0.3, 0.4) is 0 Å². The Morgan fingerprint density at radius 2 is 1.92 bits per heavy atom. The molecule has 2 aromatic carbocycles. The standard InChI is InChI=1S/C20H19N3O2/c1-14-13-21-23(15-7-3-2-4-8-15)19(14)22-20(24)17-11-12-25-18-10-6-5-9-16(17)18/h2-10,13,17H,11-12H2,1H3,(H,22,24)/t17-/m1/s1. The third kappa shape index (κ3) is 2.89. The molecule has 0 unspecified atom stereocenters. The topological polar surface area (TPSA) is 56.2 Å². The van der Waals surface area contributed by atoms with Gasteiger partial charge in [0, 0.05) is 11.1 Å². The second-order valence-electron chi connectivity index (χ2n) is 6.14. The van der Waals surface area contributed by atoms with Crippen LogP contribution >= 0.6 is 0 Å². The highest BCUT2D eigenvalue weighted by Crippen LogP contribution is 2.34. The molecule has 0 bridgehead atoms. The number of nitrogens with zero attached hydrogens (tertiary/aromatic N) is 2. The summed E-state index contributed by atoms with van der Waals surface area (Å²) in [5, 5.41) is 7.48. The molecule has 1 aliphatic heterocycles. The van der Waals surface area contributed by atoms with Gasteiger partial charge in [-0.1, -0.05) is 36.4 Å². The zero-order valence-corrected chi connectivity index (χ0v) is 14.0. The number of rotatable bonds is 3. The summed E-state index contributed by atoms with van der Waals surface area (Å²) in [5.41, 5.74) is 2.78. The number of aryl methyl sites for hydroxylation is 1. The van der Waals surface area contributed by atoms with Crippen LogP contribution < -0.4 is 10.1 Å². The number of carbonyl (C=O) groups excluding carboxylic acids is 1. The maximum Gasteiger partial charge on any atom is 0.233 e. The van der Waals surface area contributed by atoms with Crippen molar-refractivity contribution in [2.24, 2.45) is 0 Å². The van der Waals surface area contributed by atoms with Gasteiger partial charge in [0.1, 0.15) is 11.6 Å². The smallest absolute Gasteiger partial charge is 0.233 e. The Kier molecular flexibility index (Phi) is 3.98. The van der Waals surface area contributed by atoms with Crippen molar-refractivity contribution >= 4 is 11.7 Å². The van der Waals surface area contributed by atoms with Crippen molar-refractivity contribution in [2.45, 2.75) is 19.3 Å². The first-order valence-electron chi connectivity index (χ1n) is 8.36. The largest absolute Gasteiger partial charge is 0.493 e. The van der Waals surface area contributed by atoms with Gasteiger partial charge in [-0.05, 0) is 31.5 Å². The molecule has 0 spiro atoms. The molecule has 25 heavy (non-hydrogen) atoms. The molecule has 0 aliphatic carbocycles. The lowest BCUT2D eigenvalue weighted by atomic mass is 9.92. The lowest BCUT2D eigenvalue weighted by Gasteiger charge is -2.25. The van der Waals surface area contributed by atoms with Crippen LogP contribution in [-0.4, -0.2) is 22.3 Å². The van der Waals surface area contributed by atoms with Gasteiger partial charge in [-0.15, -0.1) is 0 Å². The van der Waals surface area contributed by atoms with Crippen LogP contribution in [0.1, 0.15) is 23.5 Å². The van der Waals surface area contributed by atoms with E-state index < -0.39 is 0 Å². The lowest BCUT2D eigenvalue weighted by Crippen LogP contribution is -2.27. The Labute approximate surface area is 146 Å². The van der Waals surface area contributed by atoms with Crippen molar-refractivity contribution in [1.82, 2.24) is 9.78 Å². The quantitative estimate of drug-likeness (QED) is 0.795. The minimum Gasteiger partial charge on any atom is -0.493 e. The molecule has 0 radical (unpaired) electrons. The van der Waals surface area contributed by atoms with Gasteiger partial charge in [-0.2, -0.15) is 5.10 Å². The number of carbonyl (C=O) groups is 1. The Morgan fingerprint density at radius 1 is 1.16 bits per heavy atom. The van der Waals surface area contributed by atoms with E-state index >= 15 is 0 Å². The normalized spacial score (nSPS) is 16.0. The summed E-state index contributed by atoms with van der Waals surface area (Å²) in [6.45, 7) is 2.49. The van der Waals surface area contributed by atoms with Crippen molar-refractivity contribution in [3.8, 4) is 11.4 Å². The molecule has 0 fully saturated rings. The molecule has 1 amide bonds. The first-order chi connectivity index (χ1) is 12.2. The van der Waals surface area contributed by atoms with Crippen LogP contribution in [0.4, 0.5) is 5.82 Å². The summed E-state index contributed by atoms with van der Waals surface area (Å²) in [7, 11) is 0. The average molecular weight is 333 g/mol. The van der Waals surface area contributed by atoms with Crippen LogP contribution in [0.5, 0.6) is 5.75 Å². The fourth-order valence-electron chi connectivity index (χ4n) is 3.16. The van der Waals surface area contributed by atoms with E-state index in [1.807, 2.05) is 61.5 Å². The molecule has 0 saturated heterocycles. The van der Waals surface area contributed by atoms with E-state index in [-0.39, 0.29) is 11.8 Å². The van der Waals surface area contributed by atoms with Crippen molar-refractivity contribution in [3.05, 3.63) is 71.9 Å². The van der Waals surface area contributed by atoms with Gasteiger partial charge >= 0.3 is 0 Å². The third-order valence-electron chi connectivity index (χ3n) is 4.47. The number of anilines is 1. The van der Waals surface area contributed by atoms with E-state index in [1.54, 1.807) is 10.9 Å². The van der Waals surface area contributed by atoms with Crippen LogP contribution in [0.2, 0.25) is 0 Å². The summed E-state index contributed by atoms with van der Waals surface area (Å²) in [6, 6.07) is 17.5. The number of nitrogens with one attached hydrogen (secondary N) is 1. The second-order valence-corrected chi connectivity index (χ2v) is 6.14. The molecule has 4 rings (SSSR count). The molecule has 126 valence electrons. The van der Waals surface area contributed by atoms with Crippen LogP contribution in [0.15, 0.2) is 60.8 Å². The number of hydrogen-bond donors (Lipinski definition) is 1. The minimum absolute atomic E-state index is 0.0310. The summed E-state index contributed by atoms with van der Waals surface area (Å²) >= 11 is 0. The number of hydrogen-bond acceptors (Lipinski definition) is 3. The molecule has 2 heterocycles. The molecule has 0 saturated carbocycles. The van der Waals surface area contributed by atoms with Crippen LogP contribution in [0, 0.1) is 6.92 Å². The number of aromatic nitrogens is 2. The van der Waals surface area contributed by atoms with Crippen LogP contribution in [0.25, 0.3) is 5.69 Å². The SMILES string of the molecule is Cc1cnn(-c2ccccc2)c1NC(=O)[C@@H]1CCOc2ccccc21.